The van der Waals surface area contributed by atoms with E-state index in [4.69, 9.17) is 0 Å². The van der Waals surface area contributed by atoms with Gasteiger partial charge in [0.1, 0.15) is 0 Å². The van der Waals surface area contributed by atoms with Crippen molar-refractivity contribution < 1.29 is 4.92 Å². The van der Waals surface area contributed by atoms with Crippen molar-refractivity contribution >= 4 is 5.69 Å². The fourth-order valence-corrected chi connectivity index (χ4v) is 6.67. The van der Waals surface area contributed by atoms with Gasteiger partial charge in [-0.1, -0.05) is 135 Å². The monoisotopic (exact) mass is 786 g/mol. The van der Waals surface area contributed by atoms with Gasteiger partial charge in [-0.15, -0.1) is 0 Å². The largest absolute Gasteiger partial charge is 0.317 e. The van der Waals surface area contributed by atoms with Gasteiger partial charge in [-0.2, -0.15) is 0 Å². The molecule has 1 aromatic heterocycles. The topological polar surface area (TPSA) is 74.5 Å². The Hall–Kier alpha value is -4.69. The molecular weight excluding hydrogens is 715 g/mol. The van der Waals surface area contributed by atoms with Gasteiger partial charge in [-0.05, 0) is 132 Å². The second kappa shape index (κ2) is 28.7. The predicted octanol–water partition coefficient (Wildman–Crippen LogP) is 11.7. The zero-order valence-electron chi connectivity index (χ0n) is 36.3. The summed E-state index contributed by atoms with van der Waals surface area (Å²) in [5.74, 6) is 2.80. The zero-order chi connectivity index (χ0) is 41.8. The summed E-state index contributed by atoms with van der Waals surface area (Å²) in [6, 6.07) is 42.2. The first-order valence-electron chi connectivity index (χ1n) is 21.4. The molecule has 1 atom stereocenters. The second-order valence-electron chi connectivity index (χ2n) is 16.3. The highest BCUT2D eigenvalue weighted by Crippen LogP contribution is 2.19. The summed E-state index contributed by atoms with van der Waals surface area (Å²) in [7, 11) is 0. The molecule has 3 fully saturated rings. The van der Waals surface area contributed by atoms with Gasteiger partial charge >= 0.3 is 0 Å². The molecular formula is C51H71N5O2. The second-order valence-corrected chi connectivity index (χ2v) is 16.3. The van der Waals surface area contributed by atoms with E-state index in [1.54, 1.807) is 24.5 Å². The van der Waals surface area contributed by atoms with E-state index >= 15 is 0 Å². The molecule has 0 amide bonds. The van der Waals surface area contributed by atoms with Crippen LogP contribution in [0.3, 0.4) is 0 Å². The van der Waals surface area contributed by atoms with Gasteiger partial charge in [-0.25, -0.2) is 0 Å². The van der Waals surface area contributed by atoms with E-state index in [9.17, 15) is 10.1 Å². The van der Waals surface area contributed by atoms with Crippen LogP contribution in [-0.4, -0.2) is 59.0 Å². The summed E-state index contributed by atoms with van der Waals surface area (Å²) < 4.78 is 0. The molecule has 0 aliphatic carbocycles. The Morgan fingerprint density at radius 3 is 1.34 bits per heavy atom. The van der Waals surface area contributed by atoms with E-state index in [1.165, 1.54) is 106 Å². The van der Waals surface area contributed by atoms with Crippen LogP contribution in [0.1, 0.15) is 80.7 Å². The Morgan fingerprint density at radius 1 is 0.552 bits per heavy atom. The highest BCUT2D eigenvalue weighted by Gasteiger charge is 2.18. The fourth-order valence-electron chi connectivity index (χ4n) is 6.67. The van der Waals surface area contributed by atoms with Crippen molar-refractivity contribution in [2.75, 3.05) is 39.3 Å². The molecule has 1 N–H and O–H groups in total. The molecule has 0 bridgehead atoms. The van der Waals surface area contributed by atoms with Crippen LogP contribution in [0.25, 0.3) is 0 Å². The smallest absolute Gasteiger partial charge is 0.269 e. The molecule has 0 radical (unpaired) electrons. The van der Waals surface area contributed by atoms with Crippen molar-refractivity contribution in [2.24, 2.45) is 17.8 Å². The first-order valence-corrected chi connectivity index (χ1v) is 21.4. The highest BCUT2D eigenvalue weighted by molar-refractivity contribution is 5.32. The number of nitrogens with one attached hydrogen (secondary N) is 1. The number of aromatic nitrogens is 1. The highest BCUT2D eigenvalue weighted by atomic mass is 16.6. The molecule has 5 aromatic rings. The number of nitro benzene ring substituents is 1. The minimum Gasteiger partial charge on any atom is -0.317 e. The maximum atomic E-state index is 10.1. The molecule has 4 heterocycles. The van der Waals surface area contributed by atoms with Crippen LogP contribution in [0.15, 0.2) is 140 Å². The SMILES string of the molecule is CC1CCN(Cc2ccccc2)C1.CC1CCN(Cc2ccccc2)CC1.CC1CCNCC1.Cc1ccc([N+](=O)[O-])cc1.Cc1ccccc1.Cc1ccncc1. The Balaban J connectivity index is 0.000000191. The van der Waals surface area contributed by atoms with Crippen molar-refractivity contribution in [3.63, 3.8) is 0 Å². The van der Waals surface area contributed by atoms with Crippen LogP contribution in [0.4, 0.5) is 5.69 Å². The number of non-ortho nitro benzene ring substituents is 1. The average Bonchev–Trinajstić information content (AvgIpc) is 3.65. The van der Waals surface area contributed by atoms with E-state index in [2.05, 4.69) is 121 Å². The van der Waals surface area contributed by atoms with Crippen LogP contribution in [0.2, 0.25) is 0 Å². The summed E-state index contributed by atoms with van der Waals surface area (Å²) in [5.41, 5.74) is 6.65. The standard InChI is InChI=1S/C13H19N.C12H17N.C7H7NO2.C7H8.C6H13N.C6H7N/c1-12-7-9-14(10-8-12)11-13-5-3-2-4-6-13;1-11-7-8-13(9-11)10-12-5-3-2-4-6-12;1-6-2-4-7(5-3-6)8(9)10;1-7-5-3-2-4-6-7;2*1-6-2-4-7-5-3-6/h2-6,12H,7-11H2,1H3;2-6,11H,7-10H2,1H3;2-5H,1H3;2-6H,1H3;6-7H,2-5H2,1H3;2-5H,1H3. The molecule has 3 aliphatic rings. The molecule has 0 spiro atoms. The lowest BCUT2D eigenvalue weighted by Crippen LogP contribution is -2.32. The van der Waals surface area contributed by atoms with Gasteiger partial charge in [0.2, 0.25) is 0 Å². The molecule has 4 aromatic carbocycles. The van der Waals surface area contributed by atoms with Gasteiger partial charge in [0.25, 0.3) is 5.69 Å². The Kier molecular flexibility index (Phi) is 23.6. The van der Waals surface area contributed by atoms with E-state index in [1.807, 2.05) is 44.2 Å². The molecule has 3 saturated heterocycles. The van der Waals surface area contributed by atoms with Crippen molar-refractivity contribution in [2.45, 2.75) is 86.7 Å². The van der Waals surface area contributed by atoms with E-state index in [0.717, 1.165) is 36.4 Å². The number of nitrogens with zero attached hydrogens (tertiary/aromatic N) is 4. The lowest BCUT2D eigenvalue weighted by Gasteiger charge is -2.30. The number of aryl methyl sites for hydroxylation is 3. The normalized spacial score (nSPS) is 16.8. The Morgan fingerprint density at radius 2 is 0.966 bits per heavy atom. The number of hydrogen-bond acceptors (Lipinski definition) is 6. The molecule has 1 unspecified atom stereocenters. The van der Waals surface area contributed by atoms with Crippen molar-refractivity contribution in [1.82, 2.24) is 20.1 Å². The summed E-state index contributed by atoms with van der Waals surface area (Å²) in [4.78, 5) is 18.7. The van der Waals surface area contributed by atoms with Crippen molar-refractivity contribution in [3.8, 4) is 0 Å². The third kappa shape index (κ3) is 22.3. The van der Waals surface area contributed by atoms with Gasteiger partial charge in [0.05, 0.1) is 4.92 Å². The van der Waals surface area contributed by atoms with Gasteiger partial charge in [0, 0.05) is 44.2 Å². The maximum absolute atomic E-state index is 10.1. The third-order valence-electron chi connectivity index (χ3n) is 10.5. The summed E-state index contributed by atoms with van der Waals surface area (Å²) >= 11 is 0. The summed E-state index contributed by atoms with van der Waals surface area (Å²) in [5, 5.41) is 13.4. The summed E-state index contributed by atoms with van der Waals surface area (Å²) in [6.07, 6.45) is 10.4. The van der Waals surface area contributed by atoms with Crippen LogP contribution < -0.4 is 5.32 Å². The number of likely N-dealkylation sites (tertiary alicyclic amines) is 2. The molecule has 58 heavy (non-hydrogen) atoms. The lowest BCUT2D eigenvalue weighted by atomic mass is 9.99. The molecule has 8 rings (SSSR count). The quantitative estimate of drug-likeness (QED) is 0.141. The van der Waals surface area contributed by atoms with E-state index in [-0.39, 0.29) is 5.69 Å². The molecule has 312 valence electrons. The van der Waals surface area contributed by atoms with Crippen molar-refractivity contribution in [1.29, 1.82) is 0 Å². The molecule has 0 saturated carbocycles. The number of hydrogen-bond donors (Lipinski definition) is 1. The van der Waals surface area contributed by atoms with Crippen LogP contribution in [0, 0.1) is 48.6 Å². The van der Waals surface area contributed by atoms with Crippen molar-refractivity contribution in [3.05, 3.63) is 178 Å². The van der Waals surface area contributed by atoms with Gasteiger partial charge in [0.15, 0.2) is 0 Å². The van der Waals surface area contributed by atoms with E-state index < -0.39 is 4.92 Å². The minimum absolute atomic E-state index is 0.144. The first-order chi connectivity index (χ1) is 28.1. The Bertz CT molecular complexity index is 1690. The van der Waals surface area contributed by atoms with Crippen LogP contribution in [-0.2, 0) is 13.1 Å². The first kappa shape index (κ1) is 47.7. The third-order valence-corrected chi connectivity index (χ3v) is 10.5. The van der Waals surface area contributed by atoms with Gasteiger partial charge in [-0.3, -0.25) is 24.9 Å². The lowest BCUT2D eigenvalue weighted by molar-refractivity contribution is -0.384. The van der Waals surface area contributed by atoms with Crippen LogP contribution in [0.5, 0.6) is 0 Å². The fraction of sp³-hybridized carbons (Fsp3) is 0.431. The van der Waals surface area contributed by atoms with Crippen LogP contribution >= 0.6 is 0 Å². The average molecular weight is 786 g/mol. The number of piperidine rings is 2. The predicted molar refractivity (Wildman–Crippen MR) is 245 cm³/mol. The van der Waals surface area contributed by atoms with Gasteiger partial charge < -0.3 is 5.32 Å². The molecule has 7 heteroatoms. The number of rotatable bonds is 5. The molecule has 3 aliphatic heterocycles. The Labute approximate surface area is 351 Å². The number of nitro groups is 1. The zero-order valence-corrected chi connectivity index (χ0v) is 36.3. The number of pyridine rings is 1. The maximum Gasteiger partial charge on any atom is 0.269 e. The minimum atomic E-state index is -0.403. The summed E-state index contributed by atoms with van der Waals surface area (Å²) in [6.45, 7) is 22.9. The van der Waals surface area contributed by atoms with E-state index in [0.29, 0.717) is 0 Å². The number of benzene rings is 4. The molecule has 7 nitrogen and oxygen atoms in total.